The number of hydrogen-bond donors (Lipinski definition) is 4. The van der Waals surface area contributed by atoms with Crippen LogP contribution in [-0.4, -0.2) is 60.4 Å². The molecule has 3 amide bonds. The number of nitrogens with zero attached hydrogens (tertiary/aromatic N) is 1. The van der Waals surface area contributed by atoms with E-state index in [1.54, 1.807) is 16.7 Å². The maximum atomic E-state index is 13.0. The van der Waals surface area contributed by atoms with Crippen molar-refractivity contribution in [1.82, 2.24) is 10.6 Å². The predicted octanol–water partition coefficient (Wildman–Crippen LogP) is 2.61. The van der Waals surface area contributed by atoms with E-state index in [4.69, 9.17) is 5.73 Å². The van der Waals surface area contributed by atoms with Crippen molar-refractivity contribution in [2.75, 3.05) is 30.3 Å². The van der Waals surface area contributed by atoms with Crippen LogP contribution in [0.5, 0.6) is 0 Å². The minimum absolute atomic E-state index is 0.00785. The largest absolute Gasteiger partial charge is 0.390 e. The van der Waals surface area contributed by atoms with Crippen molar-refractivity contribution in [2.45, 2.75) is 42.7 Å². The van der Waals surface area contributed by atoms with Gasteiger partial charge in [0.1, 0.15) is 6.04 Å². The Bertz CT molecular complexity index is 1280. The van der Waals surface area contributed by atoms with Crippen LogP contribution in [0.15, 0.2) is 71.6 Å². The van der Waals surface area contributed by atoms with E-state index in [2.05, 4.69) is 10.6 Å². The second-order valence-corrected chi connectivity index (χ2v) is 10.5. The van der Waals surface area contributed by atoms with Crippen molar-refractivity contribution in [3.63, 3.8) is 0 Å². The maximum Gasteiger partial charge on any atom is 0.243 e. The normalized spacial score (nSPS) is 14.9. The molecule has 0 saturated carbocycles. The van der Waals surface area contributed by atoms with Gasteiger partial charge < -0.3 is 26.4 Å². The Labute approximate surface area is 227 Å². The van der Waals surface area contributed by atoms with Crippen molar-refractivity contribution >= 4 is 45.9 Å². The van der Waals surface area contributed by atoms with Gasteiger partial charge in [0.05, 0.1) is 11.8 Å². The Morgan fingerprint density at radius 1 is 1.05 bits per heavy atom. The van der Waals surface area contributed by atoms with Gasteiger partial charge in [-0.1, -0.05) is 54.6 Å². The van der Waals surface area contributed by atoms with Gasteiger partial charge >= 0.3 is 0 Å². The third-order valence-electron chi connectivity index (χ3n) is 6.51. The van der Waals surface area contributed by atoms with Gasteiger partial charge in [0.25, 0.3) is 0 Å². The average Bonchev–Trinajstić information content (AvgIpc) is 3.09. The number of aliphatic hydroxyl groups excluding tert-OH is 1. The first kappa shape index (κ1) is 27.6. The molecule has 0 spiro atoms. The van der Waals surface area contributed by atoms with Gasteiger partial charge in [0, 0.05) is 49.5 Å². The molecule has 2 atom stereocenters. The van der Waals surface area contributed by atoms with Crippen molar-refractivity contribution in [1.29, 1.82) is 0 Å². The fourth-order valence-corrected chi connectivity index (χ4v) is 5.46. The summed E-state index contributed by atoms with van der Waals surface area (Å²) in [5.41, 5.74) is 7.25. The summed E-state index contributed by atoms with van der Waals surface area (Å²) < 4.78 is 0. The van der Waals surface area contributed by atoms with Crippen LogP contribution in [-0.2, 0) is 20.8 Å². The summed E-state index contributed by atoms with van der Waals surface area (Å²) in [5.74, 6) is 0.134. The van der Waals surface area contributed by atoms with Gasteiger partial charge in [-0.15, -0.1) is 11.8 Å². The average molecular weight is 535 g/mol. The number of nitrogens with two attached hydrogens (primary N) is 1. The zero-order chi connectivity index (χ0) is 26.9. The van der Waals surface area contributed by atoms with E-state index in [-0.39, 0.29) is 37.2 Å². The van der Waals surface area contributed by atoms with Crippen molar-refractivity contribution < 1.29 is 19.5 Å². The second kappa shape index (κ2) is 13.4. The molecule has 200 valence electrons. The van der Waals surface area contributed by atoms with Crippen molar-refractivity contribution in [3.8, 4) is 0 Å². The van der Waals surface area contributed by atoms with Crippen molar-refractivity contribution in [2.24, 2.45) is 5.73 Å². The number of amides is 3. The minimum Gasteiger partial charge on any atom is -0.390 e. The Morgan fingerprint density at radius 3 is 2.63 bits per heavy atom. The number of nitrogens with one attached hydrogen (secondary N) is 2. The van der Waals surface area contributed by atoms with Gasteiger partial charge in [-0.05, 0) is 34.9 Å². The van der Waals surface area contributed by atoms with Gasteiger partial charge in [-0.2, -0.15) is 0 Å². The fraction of sp³-hybridized carbons (Fsp3) is 0.345. The molecule has 0 bridgehead atoms. The third-order valence-corrected chi connectivity index (χ3v) is 7.57. The smallest absolute Gasteiger partial charge is 0.243 e. The first-order chi connectivity index (χ1) is 18.4. The molecule has 1 aliphatic rings. The number of aliphatic hydroxyl groups is 1. The first-order valence-corrected chi connectivity index (χ1v) is 13.9. The zero-order valence-electron chi connectivity index (χ0n) is 21.3. The Morgan fingerprint density at radius 2 is 1.82 bits per heavy atom. The molecule has 0 radical (unpaired) electrons. The molecular formula is C29H34N4O4S. The van der Waals surface area contributed by atoms with Crippen LogP contribution in [0, 0.1) is 0 Å². The zero-order valence-corrected chi connectivity index (χ0v) is 22.1. The lowest BCUT2D eigenvalue weighted by Gasteiger charge is -2.23. The SMILES string of the molecule is NCC(O)CNC(=O)C(Cc1ccc2ccccc2c1)NC(=O)CCCN1C(=O)CCSc2ccccc21. The number of fused-ring (bicyclic) bond motifs is 2. The van der Waals surface area contributed by atoms with E-state index >= 15 is 0 Å². The Kier molecular flexibility index (Phi) is 9.75. The Hall–Kier alpha value is -3.40. The third kappa shape index (κ3) is 7.34. The van der Waals surface area contributed by atoms with E-state index in [0.717, 1.165) is 32.7 Å². The highest BCUT2D eigenvalue weighted by atomic mass is 32.2. The number of carbonyl (C=O) groups is 3. The summed E-state index contributed by atoms with van der Waals surface area (Å²) in [7, 11) is 0. The van der Waals surface area contributed by atoms with Crippen LogP contribution in [0.1, 0.15) is 24.8 Å². The number of benzene rings is 3. The highest BCUT2D eigenvalue weighted by Crippen LogP contribution is 2.34. The quantitative estimate of drug-likeness (QED) is 0.300. The molecule has 8 nitrogen and oxygen atoms in total. The van der Waals surface area contributed by atoms with Gasteiger partial charge in [0.2, 0.25) is 17.7 Å². The molecule has 4 rings (SSSR count). The highest BCUT2D eigenvalue weighted by Gasteiger charge is 2.24. The van der Waals surface area contributed by atoms with E-state index < -0.39 is 12.1 Å². The molecule has 2 unspecified atom stereocenters. The summed E-state index contributed by atoms with van der Waals surface area (Å²) in [6.07, 6.45) is 0.534. The summed E-state index contributed by atoms with van der Waals surface area (Å²) in [5, 5.41) is 17.5. The molecule has 0 aliphatic carbocycles. The fourth-order valence-electron chi connectivity index (χ4n) is 4.46. The molecule has 1 aliphatic heterocycles. The summed E-state index contributed by atoms with van der Waals surface area (Å²) in [6, 6.07) is 20.9. The van der Waals surface area contributed by atoms with Gasteiger partial charge in [0.15, 0.2) is 0 Å². The topological polar surface area (TPSA) is 125 Å². The molecule has 0 aromatic heterocycles. The monoisotopic (exact) mass is 534 g/mol. The summed E-state index contributed by atoms with van der Waals surface area (Å²) in [4.78, 5) is 41.4. The molecule has 0 saturated heterocycles. The van der Waals surface area contributed by atoms with Crippen LogP contribution in [0.25, 0.3) is 10.8 Å². The lowest BCUT2D eigenvalue weighted by molar-refractivity contribution is -0.129. The number of rotatable bonds is 11. The maximum absolute atomic E-state index is 13.0. The lowest BCUT2D eigenvalue weighted by Crippen LogP contribution is -2.50. The van der Waals surface area contributed by atoms with E-state index in [0.29, 0.717) is 25.8 Å². The van der Waals surface area contributed by atoms with Crippen LogP contribution in [0.3, 0.4) is 0 Å². The summed E-state index contributed by atoms with van der Waals surface area (Å²) in [6.45, 7) is 0.459. The lowest BCUT2D eigenvalue weighted by atomic mass is 10.0. The van der Waals surface area contributed by atoms with Crippen LogP contribution in [0.4, 0.5) is 5.69 Å². The summed E-state index contributed by atoms with van der Waals surface area (Å²) >= 11 is 1.67. The standard InChI is InChI=1S/C29H34N4O4S/c30-18-23(34)19-31-29(37)24(17-20-11-12-21-6-1-2-7-22(21)16-20)32-27(35)10-5-14-33-25-8-3-4-9-26(25)38-15-13-28(33)36/h1-4,6-9,11-12,16,23-24,34H,5,10,13-15,17-19,30H2,(H,31,37)(H,32,35). The Balaban J connectivity index is 1.40. The number of hydrogen-bond acceptors (Lipinski definition) is 6. The molecule has 3 aromatic carbocycles. The van der Waals surface area contributed by atoms with Gasteiger partial charge in [-0.25, -0.2) is 0 Å². The predicted molar refractivity (Wildman–Crippen MR) is 151 cm³/mol. The van der Waals surface area contributed by atoms with Gasteiger partial charge in [-0.3, -0.25) is 14.4 Å². The van der Waals surface area contributed by atoms with Crippen LogP contribution in [0.2, 0.25) is 0 Å². The molecule has 1 heterocycles. The van der Waals surface area contributed by atoms with E-state index in [1.807, 2.05) is 66.7 Å². The highest BCUT2D eigenvalue weighted by molar-refractivity contribution is 7.99. The number of para-hydroxylation sites is 1. The van der Waals surface area contributed by atoms with Crippen LogP contribution >= 0.6 is 11.8 Å². The molecule has 5 N–H and O–H groups in total. The molecule has 9 heteroatoms. The minimum atomic E-state index is -0.858. The van der Waals surface area contributed by atoms with Crippen LogP contribution < -0.4 is 21.3 Å². The first-order valence-electron chi connectivity index (χ1n) is 12.9. The van der Waals surface area contributed by atoms with E-state index in [1.165, 1.54) is 0 Å². The number of anilines is 1. The molecule has 3 aromatic rings. The molecule has 38 heavy (non-hydrogen) atoms. The van der Waals surface area contributed by atoms with Crippen molar-refractivity contribution in [3.05, 3.63) is 72.3 Å². The second-order valence-electron chi connectivity index (χ2n) is 9.36. The molecular weight excluding hydrogens is 500 g/mol. The number of thioether (sulfide) groups is 1. The van der Waals surface area contributed by atoms with E-state index in [9.17, 15) is 19.5 Å². The molecule has 0 fully saturated rings. The number of carbonyl (C=O) groups excluding carboxylic acids is 3.